The minimum atomic E-state index is -0.495. The number of hydrogen-bond acceptors (Lipinski definition) is 2. The Bertz CT molecular complexity index is 253. The summed E-state index contributed by atoms with van der Waals surface area (Å²) in [7, 11) is -0.495. The lowest BCUT2D eigenvalue weighted by Gasteiger charge is -2.32. The van der Waals surface area contributed by atoms with Gasteiger partial charge < -0.3 is 4.74 Å². The summed E-state index contributed by atoms with van der Waals surface area (Å²) in [6.45, 7) is 10.8. The van der Waals surface area contributed by atoms with Crippen molar-refractivity contribution in [1.29, 1.82) is 0 Å². The quantitative estimate of drug-likeness (QED) is 0.565. The predicted molar refractivity (Wildman–Crippen MR) is 75.0 cm³/mol. The van der Waals surface area contributed by atoms with Crippen molar-refractivity contribution in [2.24, 2.45) is 5.41 Å². The average molecular weight is 256 g/mol. The minimum Gasteiger partial charge on any atom is -0.462 e. The predicted octanol–water partition coefficient (Wildman–Crippen LogP) is 3.77. The molecule has 0 N–H and O–H groups in total. The summed E-state index contributed by atoms with van der Waals surface area (Å²) in [6.07, 6.45) is 5.75. The second-order valence-electron chi connectivity index (χ2n) is 6.42. The molecule has 100 valence electrons. The Hall–Kier alpha value is -0.313. The van der Waals surface area contributed by atoms with E-state index in [9.17, 15) is 4.79 Å². The smallest absolute Gasteiger partial charge is 0.311 e. The van der Waals surface area contributed by atoms with E-state index in [0.29, 0.717) is 0 Å². The van der Waals surface area contributed by atoms with Crippen LogP contribution in [0.25, 0.3) is 0 Å². The Morgan fingerprint density at radius 3 is 2.18 bits per heavy atom. The highest BCUT2D eigenvalue weighted by Crippen LogP contribution is 2.34. The first-order valence-electron chi connectivity index (χ1n) is 7.08. The number of hydrogen-bond donors (Lipinski definition) is 0. The maximum Gasteiger partial charge on any atom is 0.311 e. The van der Waals surface area contributed by atoms with Gasteiger partial charge in [0.25, 0.3) is 0 Å². The van der Waals surface area contributed by atoms with Gasteiger partial charge in [0.1, 0.15) is 6.10 Å². The highest BCUT2D eigenvalue weighted by atomic mass is 28.3. The molecular formula is C14H28O2Si. The van der Waals surface area contributed by atoms with Crippen LogP contribution in [0.1, 0.15) is 52.9 Å². The zero-order chi connectivity index (χ0) is 13.1. The molecule has 2 nitrogen and oxygen atoms in total. The molecule has 0 bridgehead atoms. The summed E-state index contributed by atoms with van der Waals surface area (Å²) in [5.74, 6) is -0.00904. The van der Waals surface area contributed by atoms with E-state index in [4.69, 9.17) is 4.74 Å². The lowest BCUT2D eigenvalue weighted by atomic mass is 9.90. The van der Waals surface area contributed by atoms with Crippen LogP contribution < -0.4 is 0 Å². The molecule has 1 aliphatic rings. The summed E-state index contributed by atoms with van der Waals surface area (Å²) >= 11 is 0. The molecule has 1 aliphatic carbocycles. The van der Waals surface area contributed by atoms with Crippen LogP contribution in [0.4, 0.5) is 0 Å². The largest absolute Gasteiger partial charge is 0.462 e. The van der Waals surface area contributed by atoms with E-state index < -0.39 is 8.80 Å². The van der Waals surface area contributed by atoms with Crippen molar-refractivity contribution in [1.82, 2.24) is 0 Å². The average Bonchev–Trinajstić information content (AvgIpc) is 2.29. The summed E-state index contributed by atoms with van der Waals surface area (Å²) in [4.78, 5) is 12.0. The first-order valence-corrected chi connectivity index (χ1v) is 10.1. The van der Waals surface area contributed by atoms with Crippen molar-refractivity contribution >= 4 is 14.8 Å². The molecule has 0 spiro atoms. The highest BCUT2D eigenvalue weighted by molar-refractivity contribution is 6.57. The molecule has 0 amide bonds. The molecule has 0 saturated heterocycles. The van der Waals surface area contributed by atoms with Crippen LogP contribution in [-0.2, 0) is 9.53 Å². The maximum atomic E-state index is 12.0. The summed E-state index contributed by atoms with van der Waals surface area (Å²) in [6, 6.07) is 0. The zero-order valence-corrected chi connectivity index (χ0v) is 13.2. The van der Waals surface area contributed by atoms with E-state index in [1.54, 1.807) is 0 Å². The molecule has 0 aromatic carbocycles. The maximum absolute atomic E-state index is 12.0. The Labute approximate surface area is 108 Å². The molecule has 1 fully saturated rings. The van der Waals surface area contributed by atoms with Gasteiger partial charge in [0.05, 0.1) is 5.41 Å². The summed E-state index contributed by atoms with van der Waals surface area (Å²) < 4.78 is 5.65. The van der Waals surface area contributed by atoms with Gasteiger partial charge in [0, 0.05) is 8.80 Å². The molecular weight excluding hydrogens is 228 g/mol. The number of carbonyl (C=O) groups is 1. The van der Waals surface area contributed by atoms with Crippen LogP contribution >= 0.6 is 0 Å². The number of ether oxygens (including phenoxy) is 1. The molecule has 3 heteroatoms. The Morgan fingerprint density at radius 2 is 1.76 bits per heavy atom. The normalized spacial score (nSPS) is 26.0. The fraction of sp³-hybridized carbons (Fsp3) is 0.929. The van der Waals surface area contributed by atoms with Crippen LogP contribution in [0, 0.1) is 5.41 Å². The van der Waals surface area contributed by atoms with E-state index in [2.05, 4.69) is 13.1 Å². The standard InChI is InChI=1S/C14H28O2Si/c1-6-14(2,3)13(15)16-11-7-9-12(10-8-11)17(4)5/h11-12,17H,6-10H2,1-5H3. The van der Waals surface area contributed by atoms with Crippen molar-refractivity contribution in [3.8, 4) is 0 Å². The number of rotatable bonds is 4. The van der Waals surface area contributed by atoms with Gasteiger partial charge in [-0.15, -0.1) is 0 Å². The molecule has 1 rings (SSSR count). The van der Waals surface area contributed by atoms with Crippen molar-refractivity contribution in [2.45, 2.75) is 77.6 Å². The lowest BCUT2D eigenvalue weighted by Crippen LogP contribution is -2.32. The van der Waals surface area contributed by atoms with Gasteiger partial charge >= 0.3 is 5.97 Å². The third-order valence-corrected chi connectivity index (χ3v) is 6.92. The van der Waals surface area contributed by atoms with E-state index >= 15 is 0 Å². The summed E-state index contributed by atoms with van der Waals surface area (Å²) in [5.41, 5.74) is 0.646. The van der Waals surface area contributed by atoms with Crippen molar-refractivity contribution in [3.05, 3.63) is 0 Å². The van der Waals surface area contributed by atoms with E-state index in [0.717, 1.165) is 24.8 Å². The van der Waals surface area contributed by atoms with Crippen LogP contribution in [0.5, 0.6) is 0 Å². The van der Waals surface area contributed by atoms with Crippen LogP contribution in [0.15, 0.2) is 0 Å². The van der Waals surface area contributed by atoms with Gasteiger partial charge in [-0.3, -0.25) is 4.79 Å². The van der Waals surface area contributed by atoms with Gasteiger partial charge in [-0.1, -0.05) is 20.0 Å². The fourth-order valence-electron chi connectivity index (χ4n) is 2.33. The topological polar surface area (TPSA) is 26.3 Å². The third-order valence-electron chi connectivity index (χ3n) is 4.37. The fourth-order valence-corrected chi connectivity index (χ4v) is 4.05. The van der Waals surface area contributed by atoms with Crippen LogP contribution in [-0.4, -0.2) is 20.9 Å². The molecule has 0 aromatic heterocycles. The molecule has 1 saturated carbocycles. The molecule has 0 aromatic rings. The van der Waals surface area contributed by atoms with E-state index in [1.165, 1.54) is 12.8 Å². The lowest BCUT2D eigenvalue weighted by molar-refractivity contribution is -0.161. The Kier molecular flexibility index (Phi) is 5.23. The van der Waals surface area contributed by atoms with E-state index in [-0.39, 0.29) is 17.5 Å². The molecule has 0 aliphatic heterocycles. The van der Waals surface area contributed by atoms with Crippen LogP contribution in [0.3, 0.4) is 0 Å². The monoisotopic (exact) mass is 256 g/mol. The first kappa shape index (κ1) is 14.7. The molecule has 0 radical (unpaired) electrons. The molecule has 17 heavy (non-hydrogen) atoms. The number of esters is 1. The SMILES string of the molecule is CCC(C)(C)C(=O)OC1CCC([SiH](C)C)CC1. The Morgan fingerprint density at radius 1 is 1.24 bits per heavy atom. The van der Waals surface area contributed by atoms with Gasteiger partial charge in [-0.25, -0.2) is 0 Å². The number of carbonyl (C=O) groups excluding carboxylic acids is 1. The van der Waals surface area contributed by atoms with Gasteiger partial charge in [-0.2, -0.15) is 0 Å². The third kappa shape index (κ3) is 4.13. The zero-order valence-electron chi connectivity index (χ0n) is 12.1. The summed E-state index contributed by atoms with van der Waals surface area (Å²) in [5, 5.41) is 0. The van der Waals surface area contributed by atoms with Gasteiger partial charge in [0.2, 0.25) is 0 Å². The minimum absolute atomic E-state index is 0.00904. The van der Waals surface area contributed by atoms with Gasteiger partial charge in [0.15, 0.2) is 0 Å². The molecule has 0 atom stereocenters. The second kappa shape index (κ2) is 6.03. The van der Waals surface area contributed by atoms with Crippen molar-refractivity contribution < 1.29 is 9.53 Å². The van der Waals surface area contributed by atoms with E-state index in [1.807, 2.05) is 20.8 Å². The van der Waals surface area contributed by atoms with Crippen molar-refractivity contribution in [3.63, 3.8) is 0 Å². The molecule has 0 heterocycles. The second-order valence-corrected chi connectivity index (χ2v) is 9.85. The van der Waals surface area contributed by atoms with Crippen molar-refractivity contribution in [2.75, 3.05) is 0 Å². The van der Waals surface area contributed by atoms with Crippen LogP contribution in [0.2, 0.25) is 18.6 Å². The molecule has 0 unspecified atom stereocenters. The Balaban J connectivity index is 2.38. The first-order chi connectivity index (χ1) is 7.86. The van der Waals surface area contributed by atoms with Gasteiger partial charge in [-0.05, 0) is 51.5 Å². The highest BCUT2D eigenvalue weighted by Gasteiger charge is 2.31.